The predicted molar refractivity (Wildman–Crippen MR) is 114 cm³/mol. The Hall–Kier alpha value is -3.03. The number of amides is 2. The molecule has 2 amide bonds. The number of carbonyl (C=O) groups is 3. The van der Waals surface area contributed by atoms with Crippen LogP contribution in [0, 0.1) is 0 Å². The van der Waals surface area contributed by atoms with Crippen LogP contribution in [0.15, 0.2) is 30.5 Å². The zero-order chi connectivity index (χ0) is 22.1. The average molecular weight is 418 g/mol. The summed E-state index contributed by atoms with van der Waals surface area (Å²) in [6.45, 7) is 5.87. The van der Waals surface area contributed by atoms with Gasteiger partial charge in [-0.25, -0.2) is 9.59 Å². The number of aromatic nitrogens is 1. The Kier molecular flexibility index (Phi) is 8.26. The maximum absolute atomic E-state index is 12.2. The Morgan fingerprint density at radius 2 is 1.87 bits per heavy atom. The van der Waals surface area contributed by atoms with Gasteiger partial charge in [0.05, 0.1) is 0 Å². The Morgan fingerprint density at radius 3 is 2.57 bits per heavy atom. The molecular formula is C22H31N3O5. The summed E-state index contributed by atoms with van der Waals surface area (Å²) in [5.74, 6) is -1.35. The minimum atomic E-state index is -1.06. The number of fused-ring (bicyclic) bond motifs is 1. The van der Waals surface area contributed by atoms with E-state index in [0.717, 1.165) is 22.9 Å². The number of ether oxygens (including phenoxy) is 1. The molecule has 0 aliphatic rings. The van der Waals surface area contributed by atoms with Gasteiger partial charge in [0.25, 0.3) is 0 Å². The number of aliphatic carboxylic acids is 1. The van der Waals surface area contributed by atoms with Gasteiger partial charge in [0.15, 0.2) is 0 Å². The number of hydrogen-bond donors (Lipinski definition) is 4. The van der Waals surface area contributed by atoms with Gasteiger partial charge in [-0.3, -0.25) is 4.79 Å². The number of benzene rings is 1. The molecule has 1 aromatic carbocycles. The van der Waals surface area contributed by atoms with E-state index in [1.54, 1.807) is 27.0 Å². The number of hydrogen-bond acceptors (Lipinski definition) is 4. The molecule has 8 heteroatoms. The molecule has 0 aliphatic heterocycles. The molecule has 0 bridgehead atoms. The summed E-state index contributed by atoms with van der Waals surface area (Å²) < 4.78 is 5.15. The fourth-order valence-corrected chi connectivity index (χ4v) is 3.08. The molecule has 0 aliphatic carbocycles. The molecule has 0 fully saturated rings. The Morgan fingerprint density at radius 1 is 1.13 bits per heavy atom. The van der Waals surface area contributed by atoms with Gasteiger partial charge < -0.3 is 25.5 Å². The van der Waals surface area contributed by atoms with Crippen molar-refractivity contribution in [2.75, 3.05) is 6.54 Å². The molecule has 0 saturated carbocycles. The van der Waals surface area contributed by atoms with Crippen LogP contribution in [0.1, 0.15) is 52.0 Å². The van der Waals surface area contributed by atoms with Crippen LogP contribution in [-0.2, 0) is 20.7 Å². The summed E-state index contributed by atoms with van der Waals surface area (Å²) in [5.41, 5.74) is 1.25. The van der Waals surface area contributed by atoms with Gasteiger partial charge in [0, 0.05) is 36.5 Å². The number of rotatable bonds is 10. The lowest BCUT2D eigenvalue weighted by Crippen LogP contribution is -2.42. The van der Waals surface area contributed by atoms with E-state index in [1.807, 2.05) is 24.3 Å². The van der Waals surface area contributed by atoms with Crippen LogP contribution < -0.4 is 10.6 Å². The van der Waals surface area contributed by atoms with E-state index < -0.39 is 23.7 Å². The Balaban J connectivity index is 1.70. The maximum Gasteiger partial charge on any atom is 0.407 e. The molecule has 1 aromatic heterocycles. The third-order valence-corrected chi connectivity index (χ3v) is 4.48. The van der Waals surface area contributed by atoms with Crippen molar-refractivity contribution in [3.05, 3.63) is 36.0 Å². The molecule has 1 heterocycles. The molecule has 2 rings (SSSR count). The molecule has 4 N–H and O–H groups in total. The summed E-state index contributed by atoms with van der Waals surface area (Å²) in [4.78, 5) is 38.4. The largest absolute Gasteiger partial charge is 0.480 e. The topological polar surface area (TPSA) is 121 Å². The fourth-order valence-electron chi connectivity index (χ4n) is 3.08. The molecule has 8 nitrogen and oxygen atoms in total. The minimum absolute atomic E-state index is 0.213. The van der Waals surface area contributed by atoms with E-state index >= 15 is 0 Å². The van der Waals surface area contributed by atoms with E-state index in [9.17, 15) is 19.5 Å². The van der Waals surface area contributed by atoms with Gasteiger partial charge in [0.2, 0.25) is 5.91 Å². The van der Waals surface area contributed by atoms with E-state index in [4.69, 9.17) is 4.74 Å². The smallest absolute Gasteiger partial charge is 0.407 e. The second-order valence-corrected chi connectivity index (χ2v) is 8.26. The Bertz CT molecular complexity index is 869. The molecule has 0 saturated heterocycles. The number of carboxylic acid groups (broad SMARTS) is 1. The number of nitrogens with one attached hydrogen (secondary N) is 3. The summed E-state index contributed by atoms with van der Waals surface area (Å²) in [5, 5.41) is 15.7. The van der Waals surface area contributed by atoms with Gasteiger partial charge in [-0.2, -0.15) is 0 Å². The van der Waals surface area contributed by atoms with Crippen LogP contribution in [0.25, 0.3) is 10.9 Å². The first-order valence-corrected chi connectivity index (χ1v) is 10.2. The summed E-state index contributed by atoms with van der Waals surface area (Å²) in [7, 11) is 0. The summed E-state index contributed by atoms with van der Waals surface area (Å²) >= 11 is 0. The number of para-hydroxylation sites is 1. The zero-order valence-corrected chi connectivity index (χ0v) is 17.8. The third kappa shape index (κ3) is 7.77. The highest BCUT2D eigenvalue weighted by Crippen LogP contribution is 2.19. The fraction of sp³-hybridized carbons (Fsp3) is 0.500. The monoisotopic (exact) mass is 417 g/mol. The maximum atomic E-state index is 12.2. The number of H-pyrrole nitrogens is 1. The van der Waals surface area contributed by atoms with Crippen molar-refractivity contribution in [2.24, 2.45) is 0 Å². The summed E-state index contributed by atoms with van der Waals surface area (Å²) in [6.07, 6.45) is 3.84. The molecule has 1 unspecified atom stereocenters. The van der Waals surface area contributed by atoms with Crippen molar-refractivity contribution in [2.45, 2.75) is 64.5 Å². The number of carboxylic acids is 1. The van der Waals surface area contributed by atoms with E-state index in [0.29, 0.717) is 19.4 Å². The van der Waals surface area contributed by atoms with Crippen molar-refractivity contribution in [3.63, 3.8) is 0 Å². The molecule has 2 aromatic rings. The SMILES string of the molecule is CC(C)(C)OC(=O)NCCCCCC(=O)NC(Cc1c[nH]c2ccccc12)C(=O)O. The normalized spacial score (nSPS) is 12.4. The molecule has 0 spiro atoms. The van der Waals surface area contributed by atoms with Gasteiger partial charge in [-0.05, 0) is 45.2 Å². The predicted octanol–water partition coefficient (Wildman–Crippen LogP) is 3.36. The zero-order valence-electron chi connectivity index (χ0n) is 17.8. The first-order chi connectivity index (χ1) is 14.2. The van der Waals surface area contributed by atoms with Crippen LogP contribution in [-0.4, -0.2) is 46.2 Å². The van der Waals surface area contributed by atoms with Crippen molar-refractivity contribution in [1.82, 2.24) is 15.6 Å². The van der Waals surface area contributed by atoms with E-state index in [1.165, 1.54) is 0 Å². The second-order valence-electron chi connectivity index (χ2n) is 8.26. The molecule has 164 valence electrons. The number of carbonyl (C=O) groups excluding carboxylic acids is 2. The highest BCUT2D eigenvalue weighted by atomic mass is 16.6. The lowest BCUT2D eigenvalue weighted by atomic mass is 10.0. The second kappa shape index (κ2) is 10.7. The van der Waals surface area contributed by atoms with Gasteiger partial charge in [0.1, 0.15) is 11.6 Å². The standard InChI is InChI=1S/C22H31N3O5/c1-22(2,3)30-21(29)23-12-8-4-5-11-19(26)25-18(20(27)28)13-15-14-24-17-10-7-6-9-16(15)17/h6-7,9-10,14,18,24H,4-5,8,11-13H2,1-3H3,(H,23,29)(H,25,26)(H,27,28). The highest BCUT2D eigenvalue weighted by molar-refractivity contribution is 5.86. The molecule has 1 atom stereocenters. The van der Waals surface area contributed by atoms with Crippen LogP contribution in [0.4, 0.5) is 4.79 Å². The van der Waals surface area contributed by atoms with Gasteiger partial charge >= 0.3 is 12.1 Å². The lowest BCUT2D eigenvalue weighted by molar-refractivity contribution is -0.141. The van der Waals surface area contributed by atoms with E-state index in [2.05, 4.69) is 15.6 Å². The van der Waals surface area contributed by atoms with Crippen molar-refractivity contribution in [3.8, 4) is 0 Å². The van der Waals surface area contributed by atoms with Crippen LogP contribution in [0.3, 0.4) is 0 Å². The molecule has 30 heavy (non-hydrogen) atoms. The number of alkyl carbamates (subject to hydrolysis) is 1. The number of unbranched alkanes of at least 4 members (excludes halogenated alkanes) is 2. The quantitative estimate of drug-likeness (QED) is 0.442. The third-order valence-electron chi connectivity index (χ3n) is 4.48. The van der Waals surface area contributed by atoms with Crippen LogP contribution in [0.5, 0.6) is 0 Å². The van der Waals surface area contributed by atoms with Gasteiger partial charge in [-0.1, -0.05) is 24.6 Å². The summed E-state index contributed by atoms with van der Waals surface area (Å²) in [6, 6.07) is 6.66. The number of aromatic amines is 1. The van der Waals surface area contributed by atoms with Crippen molar-refractivity contribution in [1.29, 1.82) is 0 Å². The van der Waals surface area contributed by atoms with Crippen LogP contribution >= 0.6 is 0 Å². The first kappa shape index (κ1) is 23.3. The van der Waals surface area contributed by atoms with Crippen LogP contribution in [0.2, 0.25) is 0 Å². The van der Waals surface area contributed by atoms with Crippen molar-refractivity contribution < 1.29 is 24.2 Å². The lowest BCUT2D eigenvalue weighted by Gasteiger charge is -2.19. The minimum Gasteiger partial charge on any atom is -0.480 e. The Labute approximate surface area is 176 Å². The van der Waals surface area contributed by atoms with Gasteiger partial charge in [-0.15, -0.1) is 0 Å². The van der Waals surface area contributed by atoms with Crippen molar-refractivity contribution >= 4 is 28.9 Å². The average Bonchev–Trinajstić information content (AvgIpc) is 3.05. The molecule has 0 radical (unpaired) electrons. The first-order valence-electron chi connectivity index (χ1n) is 10.2. The molecular weight excluding hydrogens is 386 g/mol. The van der Waals surface area contributed by atoms with E-state index in [-0.39, 0.29) is 18.7 Å². The highest BCUT2D eigenvalue weighted by Gasteiger charge is 2.21.